The summed E-state index contributed by atoms with van der Waals surface area (Å²) in [5.41, 5.74) is 1.45. The third kappa shape index (κ3) is 3.06. The van der Waals surface area contributed by atoms with Gasteiger partial charge in [0.25, 0.3) is 0 Å². The summed E-state index contributed by atoms with van der Waals surface area (Å²) in [7, 11) is 1.60. The molecule has 2 aliphatic rings. The predicted octanol–water partition coefficient (Wildman–Crippen LogP) is 4.07. The molecule has 0 amide bonds. The molecule has 0 bridgehead atoms. The number of hydrogen-bond acceptors (Lipinski definition) is 1. The molecule has 3 rings (SSSR count). The van der Waals surface area contributed by atoms with Crippen LogP contribution < -0.4 is 5.32 Å². The van der Waals surface area contributed by atoms with Crippen molar-refractivity contribution in [2.45, 2.75) is 6.18 Å². The van der Waals surface area contributed by atoms with Gasteiger partial charge in [-0.25, -0.2) is 0 Å². The SMILES string of the molecule is CN=C1NCC(c2cccc(Br)c2)=C2C=C(C(F)(F)F)C=CN12. The van der Waals surface area contributed by atoms with Gasteiger partial charge in [-0.1, -0.05) is 28.1 Å². The molecular weight excluding hydrogens is 371 g/mol. The summed E-state index contributed by atoms with van der Waals surface area (Å²) in [5, 5.41) is 3.13. The molecule has 0 saturated carbocycles. The molecular formula is C16H13BrF3N3. The molecule has 0 atom stereocenters. The van der Waals surface area contributed by atoms with Crippen LogP contribution in [0.1, 0.15) is 5.56 Å². The van der Waals surface area contributed by atoms with E-state index in [1.807, 2.05) is 24.3 Å². The lowest BCUT2D eigenvalue weighted by molar-refractivity contribution is -0.0885. The predicted molar refractivity (Wildman–Crippen MR) is 87.5 cm³/mol. The zero-order chi connectivity index (χ0) is 16.6. The number of alkyl halides is 3. The van der Waals surface area contributed by atoms with E-state index in [2.05, 4.69) is 26.2 Å². The molecule has 0 saturated heterocycles. The van der Waals surface area contributed by atoms with Crippen molar-refractivity contribution in [2.75, 3.05) is 13.6 Å². The lowest BCUT2D eigenvalue weighted by Crippen LogP contribution is -2.44. The summed E-state index contributed by atoms with van der Waals surface area (Å²) in [6, 6.07) is 7.49. The Hall–Kier alpha value is -2.02. The Morgan fingerprint density at radius 3 is 2.74 bits per heavy atom. The number of guanidine groups is 1. The second-order valence-electron chi connectivity index (χ2n) is 5.06. The highest BCUT2D eigenvalue weighted by Crippen LogP contribution is 2.35. The minimum Gasteiger partial charge on any atom is -0.351 e. The fourth-order valence-electron chi connectivity index (χ4n) is 2.55. The van der Waals surface area contributed by atoms with Crippen molar-refractivity contribution in [3.63, 3.8) is 0 Å². The summed E-state index contributed by atoms with van der Waals surface area (Å²) in [4.78, 5) is 5.72. The van der Waals surface area contributed by atoms with Crippen molar-refractivity contribution >= 4 is 27.5 Å². The first-order valence-corrected chi connectivity index (χ1v) is 7.65. The number of benzene rings is 1. The summed E-state index contributed by atoms with van der Waals surface area (Å²) < 4.78 is 40.0. The highest BCUT2D eigenvalue weighted by Gasteiger charge is 2.36. The van der Waals surface area contributed by atoms with Crippen molar-refractivity contribution in [1.82, 2.24) is 10.2 Å². The third-order valence-corrected chi connectivity index (χ3v) is 4.12. The van der Waals surface area contributed by atoms with Gasteiger partial charge in [0, 0.05) is 29.8 Å². The minimum atomic E-state index is -4.38. The molecule has 3 nitrogen and oxygen atoms in total. The van der Waals surface area contributed by atoms with Gasteiger partial charge in [0.05, 0.1) is 11.3 Å². The van der Waals surface area contributed by atoms with Crippen LogP contribution in [-0.4, -0.2) is 30.6 Å². The molecule has 0 unspecified atom stereocenters. The van der Waals surface area contributed by atoms with Gasteiger partial charge in [-0.3, -0.25) is 9.89 Å². The zero-order valence-corrected chi connectivity index (χ0v) is 13.7. The lowest BCUT2D eigenvalue weighted by atomic mass is 9.98. The summed E-state index contributed by atoms with van der Waals surface area (Å²) >= 11 is 3.40. The van der Waals surface area contributed by atoms with E-state index in [1.54, 1.807) is 11.9 Å². The van der Waals surface area contributed by atoms with E-state index < -0.39 is 11.7 Å². The van der Waals surface area contributed by atoms with E-state index in [0.29, 0.717) is 18.2 Å². The van der Waals surface area contributed by atoms with Crippen molar-refractivity contribution < 1.29 is 13.2 Å². The molecule has 0 aromatic heterocycles. The van der Waals surface area contributed by atoms with E-state index >= 15 is 0 Å². The summed E-state index contributed by atoms with van der Waals surface area (Å²) in [6.07, 6.45) is -0.764. The second-order valence-corrected chi connectivity index (χ2v) is 5.97. The van der Waals surface area contributed by atoms with Gasteiger partial charge in [0.1, 0.15) is 0 Å². The number of fused-ring (bicyclic) bond motifs is 1. The van der Waals surface area contributed by atoms with Crippen molar-refractivity contribution in [3.8, 4) is 0 Å². The topological polar surface area (TPSA) is 27.6 Å². The fourth-order valence-corrected chi connectivity index (χ4v) is 2.95. The Kier molecular flexibility index (Phi) is 4.06. The smallest absolute Gasteiger partial charge is 0.351 e. The maximum atomic E-state index is 13.1. The van der Waals surface area contributed by atoms with E-state index in [0.717, 1.165) is 21.7 Å². The lowest BCUT2D eigenvalue weighted by Gasteiger charge is -2.34. The number of rotatable bonds is 1. The van der Waals surface area contributed by atoms with Crippen LogP contribution in [0.2, 0.25) is 0 Å². The quantitative estimate of drug-likeness (QED) is 0.791. The molecule has 2 aliphatic heterocycles. The first-order valence-electron chi connectivity index (χ1n) is 6.86. The normalized spacial score (nSPS) is 19.6. The number of allylic oxidation sites excluding steroid dienone is 3. The van der Waals surface area contributed by atoms with Gasteiger partial charge >= 0.3 is 6.18 Å². The number of hydrogen-bond donors (Lipinski definition) is 1. The van der Waals surface area contributed by atoms with Crippen LogP contribution >= 0.6 is 15.9 Å². The number of halogens is 4. The molecule has 1 aromatic carbocycles. The maximum absolute atomic E-state index is 13.1. The molecule has 0 spiro atoms. The standard InChI is InChI=1S/C16H13BrF3N3/c1-21-15-22-9-13(10-3-2-4-12(17)7-10)14-8-11(16(18,19)20)5-6-23(14)15/h2-8H,9H2,1H3,(H,21,22). The molecule has 0 aliphatic carbocycles. The zero-order valence-electron chi connectivity index (χ0n) is 12.2. The second kappa shape index (κ2) is 5.88. The first-order chi connectivity index (χ1) is 10.9. The maximum Gasteiger partial charge on any atom is 0.416 e. The van der Waals surface area contributed by atoms with Crippen LogP contribution in [0, 0.1) is 0 Å². The van der Waals surface area contributed by atoms with E-state index in [1.165, 1.54) is 12.3 Å². The average Bonchev–Trinajstić information content (AvgIpc) is 2.52. The van der Waals surface area contributed by atoms with E-state index in [4.69, 9.17) is 0 Å². The Labute approximate surface area is 140 Å². The molecule has 1 aromatic rings. The largest absolute Gasteiger partial charge is 0.416 e. The van der Waals surface area contributed by atoms with E-state index in [-0.39, 0.29) is 0 Å². The Morgan fingerprint density at radius 2 is 2.09 bits per heavy atom. The van der Waals surface area contributed by atoms with Crippen LogP contribution in [0.5, 0.6) is 0 Å². The molecule has 2 heterocycles. The highest BCUT2D eigenvalue weighted by atomic mass is 79.9. The first kappa shape index (κ1) is 15.9. The Bertz CT molecular complexity index is 760. The Morgan fingerprint density at radius 1 is 1.30 bits per heavy atom. The van der Waals surface area contributed by atoms with Gasteiger partial charge in [-0.05, 0) is 29.8 Å². The molecule has 0 fully saturated rings. The van der Waals surface area contributed by atoms with Gasteiger partial charge < -0.3 is 5.32 Å². The molecule has 0 radical (unpaired) electrons. The van der Waals surface area contributed by atoms with Crippen molar-refractivity contribution in [3.05, 3.63) is 63.9 Å². The Balaban J connectivity index is 2.17. The van der Waals surface area contributed by atoms with Crippen LogP contribution in [0.25, 0.3) is 5.57 Å². The third-order valence-electron chi connectivity index (χ3n) is 3.63. The number of aliphatic imine (C=N–C) groups is 1. The van der Waals surface area contributed by atoms with Crippen molar-refractivity contribution in [1.29, 1.82) is 0 Å². The highest BCUT2D eigenvalue weighted by molar-refractivity contribution is 9.10. The average molecular weight is 384 g/mol. The van der Waals surface area contributed by atoms with E-state index in [9.17, 15) is 13.2 Å². The monoisotopic (exact) mass is 383 g/mol. The van der Waals surface area contributed by atoms with Gasteiger partial charge in [0.2, 0.25) is 5.96 Å². The molecule has 7 heteroatoms. The van der Waals surface area contributed by atoms with Crippen LogP contribution in [-0.2, 0) is 0 Å². The number of nitrogens with one attached hydrogen (secondary N) is 1. The molecule has 1 N–H and O–H groups in total. The fraction of sp³-hybridized carbons (Fsp3) is 0.188. The minimum absolute atomic E-state index is 0.407. The van der Waals surface area contributed by atoms with Gasteiger partial charge in [0.15, 0.2) is 0 Å². The van der Waals surface area contributed by atoms with Gasteiger partial charge in [-0.15, -0.1) is 0 Å². The summed E-state index contributed by atoms with van der Waals surface area (Å²) in [6.45, 7) is 0.407. The van der Waals surface area contributed by atoms with Crippen LogP contribution in [0.15, 0.2) is 63.4 Å². The molecule has 120 valence electrons. The summed E-state index contributed by atoms with van der Waals surface area (Å²) in [5.74, 6) is 0.521. The van der Waals surface area contributed by atoms with Crippen molar-refractivity contribution in [2.24, 2.45) is 4.99 Å². The number of nitrogens with zero attached hydrogens (tertiary/aromatic N) is 2. The van der Waals surface area contributed by atoms with Gasteiger partial charge in [-0.2, -0.15) is 13.2 Å². The van der Waals surface area contributed by atoms with Crippen LogP contribution in [0.4, 0.5) is 13.2 Å². The molecule has 23 heavy (non-hydrogen) atoms. The van der Waals surface area contributed by atoms with Crippen LogP contribution in [0.3, 0.4) is 0 Å².